The molecule has 23 heavy (non-hydrogen) atoms. The Morgan fingerprint density at radius 2 is 2.04 bits per heavy atom. The first-order valence-corrected chi connectivity index (χ1v) is 7.65. The summed E-state index contributed by atoms with van der Waals surface area (Å²) in [7, 11) is 0. The highest BCUT2D eigenvalue weighted by molar-refractivity contribution is 6.01. The quantitative estimate of drug-likeness (QED) is 0.817. The molecule has 2 heterocycles. The van der Waals surface area contributed by atoms with Gasteiger partial charge in [-0.25, -0.2) is 4.79 Å². The second-order valence-electron chi connectivity index (χ2n) is 5.83. The van der Waals surface area contributed by atoms with Gasteiger partial charge in [0.1, 0.15) is 11.3 Å². The maximum atomic E-state index is 12.7. The first-order valence-electron chi connectivity index (χ1n) is 7.65. The zero-order valence-electron chi connectivity index (χ0n) is 13.4. The maximum absolute atomic E-state index is 12.7. The SMILES string of the molecule is Cc1occc1C(=O)O[C@H](C)C(=O)N1c2ccccc2C[C@H]1C. The van der Waals surface area contributed by atoms with E-state index < -0.39 is 12.1 Å². The third-order valence-corrected chi connectivity index (χ3v) is 4.16. The van der Waals surface area contributed by atoms with Gasteiger partial charge in [-0.3, -0.25) is 4.79 Å². The van der Waals surface area contributed by atoms with Crippen molar-refractivity contribution >= 4 is 17.6 Å². The van der Waals surface area contributed by atoms with E-state index >= 15 is 0 Å². The van der Waals surface area contributed by atoms with Gasteiger partial charge in [0.25, 0.3) is 5.91 Å². The molecular weight excluding hydrogens is 294 g/mol. The first kappa shape index (κ1) is 15.3. The van der Waals surface area contributed by atoms with Crippen LogP contribution < -0.4 is 4.90 Å². The second kappa shape index (κ2) is 5.91. The lowest BCUT2D eigenvalue weighted by Crippen LogP contribution is -2.43. The normalized spacial score (nSPS) is 17.7. The fourth-order valence-corrected chi connectivity index (χ4v) is 2.97. The zero-order valence-corrected chi connectivity index (χ0v) is 13.4. The van der Waals surface area contributed by atoms with Gasteiger partial charge in [-0.2, -0.15) is 0 Å². The van der Waals surface area contributed by atoms with Gasteiger partial charge >= 0.3 is 5.97 Å². The number of carbonyl (C=O) groups is 2. The molecule has 120 valence electrons. The third-order valence-electron chi connectivity index (χ3n) is 4.16. The van der Waals surface area contributed by atoms with Crippen LogP contribution in [0.2, 0.25) is 0 Å². The van der Waals surface area contributed by atoms with Crippen molar-refractivity contribution in [2.24, 2.45) is 0 Å². The number of para-hydroxylation sites is 1. The fraction of sp³-hybridized carbons (Fsp3) is 0.333. The van der Waals surface area contributed by atoms with Gasteiger partial charge in [-0.05, 0) is 44.9 Å². The van der Waals surface area contributed by atoms with Crippen LogP contribution in [0, 0.1) is 6.92 Å². The fourth-order valence-electron chi connectivity index (χ4n) is 2.97. The summed E-state index contributed by atoms with van der Waals surface area (Å²) in [5.41, 5.74) is 2.38. The van der Waals surface area contributed by atoms with Crippen LogP contribution in [-0.2, 0) is 16.0 Å². The number of esters is 1. The molecule has 1 aromatic carbocycles. The Kier molecular flexibility index (Phi) is 3.94. The summed E-state index contributed by atoms with van der Waals surface area (Å²) < 4.78 is 10.4. The molecule has 0 spiro atoms. The van der Waals surface area contributed by atoms with Crippen molar-refractivity contribution in [1.29, 1.82) is 0 Å². The molecule has 0 radical (unpaired) electrons. The summed E-state index contributed by atoms with van der Waals surface area (Å²) in [6.07, 6.45) is 1.38. The highest BCUT2D eigenvalue weighted by atomic mass is 16.5. The molecule has 1 aliphatic rings. The molecule has 0 saturated heterocycles. The molecule has 5 heteroatoms. The van der Waals surface area contributed by atoms with Crippen LogP contribution in [0.1, 0.15) is 35.5 Å². The minimum atomic E-state index is -0.856. The smallest absolute Gasteiger partial charge is 0.342 e. The Balaban J connectivity index is 1.75. The van der Waals surface area contributed by atoms with Crippen molar-refractivity contribution < 1.29 is 18.7 Å². The summed E-state index contributed by atoms with van der Waals surface area (Å²) in [6.45, 7) is 5.28. The number of nitrogens with zero attached hydrogens (tertiary/aromatic N) is 1. The van der Waals surface area contributed by atoms with Gasteiger partial charge in [0.2, 0.25) is 0 Å². The minimum absolute atomic E-state index is 0.0525. The van der Waals surface area contributed by atoms with Crippen molar-refractivity contribution in [1.82, 2.24) is 0 Å². The maximum Gasteiger partial charge on any atom is 0.342 e. The number of anilines is 1. The largest absolute Gasteiger partial charge is 0.469 e. The third kappa shape index (κ3) is 2.74. The molecule has 0 bridgehead atoms. The molecule has 0 saturated carbocycles. The van der Waals surface area contributed by atoms with Gasteiger partial charge in [0.15, 0.2) is 6.10 Å². The number of benzene rings is 1. The lowest BCUT2D eigenvalue weighted by molar-refractivity contribution is -0.126. The van der Waals surface area contributed by atoms with Gasteiger partial charge in [0, 0.05) is 11.7 Å². The predicted molar refractivity (Wildman–Crippen MR) is 85.4 cm³/mol. The first-order chi connectivity index (χ1) is 11.0. The number of carbonyl (C=O) groups excluding carboxylic acids is 2. The van der Waals surface area contributed by atoms with E-state index in [0.29, 0.717) is 11.3 Å². The molecule has 3 rings (SSSR count). The monoisotopic (exact) mass is 313 g/mol. The van der Waals surface area contributed by atoms with E-state index in [-0.39, 0.29) is 11.9 Å². The molecule has 0 unspecified atom stereocenters. The summed E-state index contributed by atoms with van der Waals surface area (Å²) >= 11 is 0. The van der Waals surface area contributed by atoms with E-state index in [0.717, 1.165) is 17.7 Å². The van der Waals surface area contributed by atoms with Crippen molar-refractivity contribution in [3.8, 4) is 0 Å². The van der Waals surface area contributed by atoms with E-state index in [1.54, 1.807) is 24.8 Å². The van der Waals surface area contributed by atoms with Gasteiger partial charge in [-0.15, -0.1) is 0 Å². The van der Waals surface area contributed by atoms with E-state index in [9.17, 15) is 9.59 Å². The number of ether oxygens (including phenoxy) is 1. The van der Waals surface area contributed by atoms with E-state index in [1.807, 2.05) is 31.2 Å². The molecule has 1 amide bonds. The number of hydrogen-bond donors (Lipinski definition) is 0. The number of hydrogen-bond acceptors (Lipinski definition) is 4. The standard InChI is InChI=1S/C18H19NO4/c1-11-10-14-6-4-5-7-16(14)19(11)17(20)13(3)23-18(21)15-8-9-22-12(15)2/h4-9,11,13H,10H2,1-3H3/t11-,13-/m1/s1. The minimum Gasteiger partial charge on any atom is -0.469 e. The molecule has 1 aromatic heterocycles. The molecule has 5 nitrogen and oxygen atoms in total. The van der Waals surface area contributed by atoms with Crippen LogP contribution in [0.4, 0.5) is 5.69 Å². The Labute approximate surface area is 134 Å². The van der Waals surface area contributed by atoms with Crippen LogP contribution in [0.5, 0.6) is 0 Å². The lowest BCUT2D eigenvalue weighted by atomic mass is 10.1. The van der Waals surface area contributed by atoms with Gasteiger partial charge in [-0.1, -0.05) is 18.2 Å². The Hall–Kier alpha value is -2.56. The Morgan fingerprint density at radius 3 is 2.74 bits per heavy atom. The number of aryl methyl sites for hydroxylation is 1. The van der Waals surface area contributed by atoms with Crippen LogP contribution in [0.3, 0.4) is 0 Å². The molecule has 1 aliphatic heterocycles. The highest BCUT2D eigenvalue weighted by Gasteiger charge is 2.34. The molecule has 2 atom stereocenters. The number of amides is 1. The van der Waals surface area contributed by atoms with Crippen LogP contribution in [0.25, 0.3) is 0 Å². The highest BCUT2D eigenvalue weighted by Crippen LogP contribution is 2.32. The number of furan rings is 1. The van der Waals surface area contributed by atoms with E-state index in [1.165, 1.54) is 6.26 Å². The number of fused-ring (bicyclic) bond motifs is 1. The molecule has 0 N–H and O–H groups in total. The topological polar surface area (TPSA) is 59.8 Å². The summed E-state index contributed by atoms with van der Waals surface area (Å²) in [6, 6.07) is 9.41. The Morgan fingerprint density at radius 1 is 1.30 bits per heavy atom. The van der Waals surface area contributed by atoms with Gasteiger partial charge in [0.05, 0.1) is 6.26 Å². The van der Waals surface area contributed by atoms with Crippen molar-refractivity contribution in [2.75, 3.05) is 4.90 Å². The molecular formula is C18H19NO4. The van der Waals surface area contributed by atoms with Gasteiger partial charge < -0.3 is 14.1 Å². The Bertz CT molecular complexity index is 749. The van der Waals surface area contributed by atoms with Crippen LogP contribution in [0.15, 0.2) is 41.0 Å². The summed E-state index contributed by atoms with van der Waals surface area (Å²) in [5.74, 6) is -0.274. The summed E-state index contributed by atoms with van der Waals surface area (Å²) in [5, 5.41) is 0. The average molecular weight is 313 g/mol. The van der Waals surface area contributed by atoms with Crippen molar-refractivity contribution in [3.05, 3.63) is 53.5 Å². The molecule has 0 aliphatic carbocycles. The molecule has 2 aromatic rings. The lowest BCUT2D eigenvalue weighted by Gasteiger charge is -2.25. The van der Waals surface area contributed by atoms with Crippen molar-refractivity contribution in [2.45, 2.75) is 39.3 Å². The van der Waals surface area contributed by atoms with E-state index in [2.05, 4.69) is 0 Å². The average Bonchev–Trinajstić information content (AvgIpc) is 3.08. The zero-order chi connectivity index (χ0) is 16.6. The van der Waals surface area contributed by atoms with Crippen LogP contribution in [-0.4, -0.2) is 24.0 Å². The van der Waals surface area contributed by atoms with Crippen molar-refractivity contribution in [3.63, 3.8) is 0 Å². The number of rotatable bonds is 3. The second-order valence-corrected chi connectivity index (χ2v) is 5.83. The predicted octanol–water partition coefficient (Wildman–Crippen LogP) is 3.11. The van der Waals surface area contributed by atoms with E-state index in [4.69, 9.17) is 9.15 Å². The van der Waals surface area contributed by atoms with Crippen LogP contribution >= 0.6 is 0 Å². The summed E-state index contributed by atoms with van der Waals surface area (Å²) in [4.78, 5) is 26.6. The molecule has 0 fully saturated rings.